The topological polar surface area (TPSA) is 95.1 Å². The van der Waals surface area contributed by atoms with E-state index in [9.17, 15) is 4.79 Å². The Morgan fingerprint density at radius 1 is 1.03 bits per heavy atom. The Morgan fingerprint density at radius 3 is 2.52 bits per heavy atom. The van der Waals surface area contributed by atoms with E-state index < -0.39 is 5.25 Å². The standard InChI is InChI=1S/C25H25N5O2S/c1-16-13-14-17(2)20(15-16)27-24(31)22(18-9-5-4-6-10-18)33-25-29-28-23(30(25)26)19-11-7-8-12-21(19)32-3/h4-15,22H,26H2,1-3H3,(H,27,31)/t22-/m0/s1. The molecule has 1 aromatic heterocycles. The van der Waals surface area contributed by atoms with Crippen LogP contribution in [0.1, 0.15) is 21.9 Å². The molecule has 1 heterocycles. The molecule has 168 valence electrons. The molecule has 4 aromatic rings. The average Bonchev–Trinajstić information content (AvgIpc) is 3.20. The molecule has 3 N–H and O–H groups in total. The summed E-state index contributed by atoms with van der Waals surface area (Å²) in [6, 6.07) is 23.0. The molecule has 0 saturated heterocycles. The van der Waals surface area contributed by atoms with Crippen molar-refractivity contribution in [2.24, 2.45) is 0 Å². The van der Waals surface area contributed by atoms with E-state index in [4.69, 9.17) is 10.6 Å². The smallest absolute Gasteiger partial charge is 0.242 e. The zero-order valence-electron chi connectivity index (χ0n) is 18.6. The van der Waals surface area contributed by atoms with E-state index in [0.29, 0.717) is 16.7 Å². The van der Waals surface area contributed by atoms with E-state index in [-0.39, 0.29) is 5.91 Å². The van der Waals surface area contributed by atoms with Crippen molar-refractivity contribution in [1.82, 2.24) is 14.9 Å². The summed E-state index contributed by atoms with van der Waals surface area (Å²) in [6.45, 7) is 3.96. The number of anilines is 1. The van der Waals surface area contributed by atoms with Gasteiger partial charge in [0.15, 0.2) is 5.82 Å². The molecule has 0 radical (unpaired) electrons. The first-order valence-corrected chi connectivity index (χ1v) is 11.3. The summed E-state index contributed by atoms with van der Waals surface area (Å²) in [5.74, 6) is 7.30. The fraction of sp³-hybridized carbons (Fsp3) is 0.160. The Hall–Kier alpha value is -3.78. The van der Waals surface area contributed by atoms with Crippen LogP contribution in [0.2, 0.25) is 0 Å². The Balaban J connectivity index is 1.66. The highest BCUT2D eigenvalue weighted by Crippen LogP contribution is 2.37. The fourth-order valence-electron chi connectivity index (χ4n) is 3.45. The number of nitrogens with two attached hydrogens (primary N) is 1. The van der Waals surface area contributed by atoms with Crippen LogP contribution in [0.4, 0.5) is 5.69 Å². The number of carbonyl (C=O) groups is 1. The Bertz CT molecular complexity index is 1270. The maximum atomic E-state index is 13.4. The molecule has 0 fully saturated rings. The van der Waals surface area contributed by atoms with E-state index >= 15 is 0 Å². The Kier molecular flexibility index (Phi) is 6.65. The molecule has 1 atom stereocenters. The van der Waals surface area contributed by atoms with Crippen LogP contribution in [0, 0.1) is 13.8 Å². The molecular weight excluding hydrogens is 434 g/mol. The van der Waals surface area contributed by atoms with Crippen molar-refractivity contribution in [3.05, 3.63) is 89.5 Å². The van der Waals surface area contributed by atoms with Gasteiger partial charge in [-0.2, -0.15) is 0 Å². The number of aryl methyl sites for hydroxylation is 2. The number of ether oxygens (including phenoxy) is 1. The molecule has 8 heteroatoms. The minimum Gasteiger partial charge on any atom is -0.496 e. The highest BCUT2D eigenvalue weighted by atomic mass is 32.2. The van der Waals surface area contributed by atoms with Gasteiger partial charge in [-0.15, -0.1) is 10.2 Å². The summed E-state index contributed by atoms with van der Waals surface area (Å²) in [5.41, 5.74) is 4.41. The number of aromatic nitrogens is 3. The van der Waals surface area contributed by atoms with E-state index in [0.717, 1.165) is 27.9 Å². The van der Waals surface area contributed by atoms with Crippen molar-refractivity contribution in [1.29, 1.82) is 0 Å². The molecule has 33 heavy (non-hydrogen) atoms. The second kappa shape index (κ2) is 9.79. The lowest BCUT2D eigenvalue weighted by molar-refractivity contribution is -0.115. The van der Waals surface area contributed by atoms with Gasteiger partial charge in [-0.05, 0) is 48.7 Å². The number of hydrogen-bond donors (Lipinski definition) is 2. The van der Waals surface area contributed by atoms with Crippen LogP contribution in [0.3, 0.4) is 0 Å². The minimum atomic E-state index is -0.580. The van der Waals surface area contributed by atoms with Crippen LogP contribution in [-0.4, -0.2) is 27.9 Å². The zero-order chi connectivity index (χ0) is 23.4. The molecule has 7 nitrogen and oxygen atoms in total. The number of thioether (sulfide) groups is 1. The zero-order valence-corrected chi connectivity index (χ0v) is 19.5. The van der Waals surface area contributed by atoms with Crippen molar-refractivity contribution in [3.8, 4) is 17.1 Å². The number of hydrogen-bond acceptors (Lipinski definition) is 6. The monoisotopic (exact) mass is 459 g/mol. The first-order chi connectivity index (χ1) is 16.0. The number of carbonyl (C=O) groups excluding carboxylic acids is 1. The summed E-state index contributed by atoms with van der Waals surface area (Å²) < 4.78 is 6.82. The van der Waals surface area contributed by atoms with Gasteiger partial charge in [0.2, 0.25) is 11.1 Å². The maximum Gasteiger partial charge on any atom is 0.242 e. The third-order valence-corrected chi connectivity index (χ3v) is 6.44. The first kappa shape index (κ1) is 22.4. The molecular formula is C25H25N5O2S. The van der Waals surface area contributed by atoms with Gasteiger partial charge in [-0.3, -0.25) is 4.79 Å². The summed E-state index contributed by atoms with van der Waals surface area (Å²) in [4.78, 5) is 13.4. The molecule has 0 saturated carbocycles. The summed E-state index contributed by atoms with van der Waals surface area (Å²) in [6.07, 6.45) is 0. The molecule has 0 aliphatic carbocycles. The number of rotatable bonds is 7. The SMILES string of the molecule is COc1ccccc1-c1nnc(S[C@H](C(=O)Nc2cc(C)ccc2C)c2ccccc2)n1N. The van der Waals surface area contributed by atoms with Crippen LogP contribution in [-0.2, 0) is 4.79 Å². The molecule has 1 amide bonds. The highest BCUT2D eigenvalue weighted by Gasteiger charge is 2.26. The predicted octanol–water partition coefficient (Wildman–Crippen LogP) is 4.76. The van der Waals surface area contributed by atoms with E-state index in [1.165, 1.54) is 16.4 Å². The van der Waals surface area contributed by atoms with Crippen LogP contribution in [0.25, 0.3) is 11.4 Å². The van der Waals surface area contributed by atoms with Crippen molar-refractivity contribution in [2.45, 2.75) is 24.3 Å². The van der Waals surface area contributed by atoms with E-state index in [1.54, 1.807) is 7.11 Å². The van der Waals surface area contributed by atoms with Gasteiger partial charge < -0.3 is 15.9 Å². The molecule has 0 bridgehead atoms. The maximum absolute atomic E-state index is 13.4. The second-order valence-electron chi connectivity index (χ2n) is 7.59. The van der Waals surface area contributed by atoms with Gasteiger partial charge >= 0.3 is 0 Å². The molecule has 0 aliphatic rings. The molecule has 0 unspecified atom stereocenters. The minimum absolute atomic E-state index is 0.165. The van der Waals surface area contributed by atoms with Crippen LogP contribution in [0.15, 0.2) is 78.0 Å². The fourth-order valence-corrected chi connectivity index (χ4v) is 4.40. The molecule has 0 aliphatic heterocycles. The van der Waals surface area contributed by atoms with E-state index in [1.807, 2.05) is 86.6 Å². The molecule has 3 aromatic carbocycles. The number of benzene rings is 3. The highest BCUT2D eigenvalue weighted by molar-refractivity contribution is 8.00. The number of nitrogen functional groups attached to an aromatic ring is 1. The lowest BCUT2D eigenvalue weighted by atomic mass is 10.1. The number of nitrogens with one attached hydrogen (secondary N) is 1. The van der Waals surface area contributed by atoms with Gasteiger partial charge in [-0.1, -0.05) is 66.4 Å². The normalized spacial score (nSPS) is 11.7. The van der Waals surface area contributed by atoms with Gasteiger partial charge in [0, 0.05) is 5.69 Å². The number of nitrogens with zero attached hydrogens (tertiary/aromatic N) is 3. The first-order valence-electron chi connectivity index (χ1n) is 10.4. The third-order valence-electron chi connectivity index (χ3n) is 5.23. The van der Waals surface area contributed by atoms with Crippen molar-refractivity contribution < 1.29 is 9.53 Å². The lowest BCUT2D eigenvalue weighted by Gasteiger charge is -2.18. The van der Waals surface area contributed by atoms with Crippen LogP contribution >= 0.6 is 11.8 Å². The van der Waals surface area contributed by atoms with Gasteiger partial charge in [-0.25, -0.2) is 4.68 Å². The largest absolute Gasteiger partial charge is 0.496 e. The van der Waals surface area contributed by atoms with Gasteiger partial charge in [0.05, 0.1) is 12.7 Å². The quantitative estimate of drug-likeness (QED) is 0.306. The van der Waals surface area contributed by atoms with Gasteiger partial charge in [0.1, 0.15) is 11.0 Å². The van der Waals surface area contributed by atoms with Crippen LogP contribution in [0.5, 0.6) is 5.75 Å². The average molecular weight is 460 g/mol. The predicted molar refractivity (Wildman–Crippen MR) is 132 cm³/mol. The van der Waals surface area contributed by atoms with Crippen molar-refractivity contribution in [3.63, 3.8) is 0 Å². The Morgan fingerprint density at radius 2 is 1.76 bits per heavy atom. The summed E-state index contributed by atoms with van der Waals surface area (Å²) in [5, 5.41) is 11.4. The van der Waals surface area contributed by atoms with E-state index in [2.05, 4.69) is 15.5 Å². The summed E-state index contributed by atoms with van der Waals surface area (Å²) >= 11 is 1.25. The number of para-hydroxylation sites is 1. The van der Waals surface area contributed by atoms with Gasteiger partial charge in [0.25, 0.3) is 0 Å². The van der Waals surface area contributed by atoms with Crippen molar-refractivity contribution in [2.75, 3.05) is 18.3 Å². The molecule has 4 rings (SSSR count). The van der Waals surface area contributed by atoms with Crippen LogP contribution < -0.4 is 15.9 Å². The number of amides is 1. The van der Waals surface area contributed by atoms with Crippen molar-refractivity contribution >= 4 is 23.4 Å². The summed E-state index contributed by atoms with van der Waals surface area (Å²) in [7, 11) is 1.59. The lowest BCUT2D eigenvalue weighted by Crippen LogP contribution is -2.21. The number of methoxy groups -OCH3 is 1. The second-order valence-corrected chi connectivity index (χ2v) is 8.66. The third kappa shape index (κ3) is 4.85. The Labute approximate surface area is 197 Å². The molecule has 0 spiro atoms.